The molecule has 0 atom stereocenters. The topological polar surface area (TPSA) is 68.9 Å². The number of nitrogens with zero attached hydrogens (tertiary/aromatic N) is 2. The van der Waals surface area contributed by atoms with Crippen LogP contribution in [0, 0.1) is 11.3 Å². The molecule has 0 aliphatic rings. The second-order valence-electron chi connectivity index (χ2n) is 3.60. The third kappa shape index (κ3) is 4.28. The van der Waals surface area contributed by atoms with Gasteiger partial charge in [0, 0.05) is 19.3 Å². The van der Waals surface area contributed by atoms with Crippen LogP contribution in [0.1, 0.15) is 31.2 Å². The predicted octanol–water partition coefficient (Wildman–Crippen LogP) is 1.92. The summed E-state index contributed by atoms with van der Waals surface area (Å²) >= 11 is 0. The summed E-state index contributed by atoms with van der Waals surface area (Å²) in [6.45, 7) is 1.11. The fourth-order valence-electron chi connectivity index (χ4n) is 1.45. The molecule has 2 N–H and O–H groups in total. The van der Waals surface area contributed by atoms with Gasteiger partial charge in [-0.3, -0.25) is 4.98 Å². The molecular formula is C12H17N3O. The number of nitrogens with one attached hydrogen (secondary N) is 1. The molecule has 1 aromatic heterocycles. The molecule has 0 aliphatic carbocycles. The van der Waals surface area contributed by atoms with Crippen molar-refractivity contribution in [3.63, 3.8) is 0 Å². The van der Waals surface area contributed by atoms with E-state index in [1.807, 2.05) is 0 Å². The molecule has 1 rings (SSSR count). The molecule has 4 nitrogen and oxygen atoms in total. The van der Waals surface area contributed by atoms with Crippen LogP contribution in [0.5, 0.6) is 0 Å². The van der Waals surface area contributed by atoms with E-state index >= 15 is 0 Å². The highest BCUT2D eigenvalue weighted by atomic mass is 16.2. The largest absolute Gasteiger partial charge is 0.396 e. The molecule has 1 aromatic rings. The molecule has 0 saturated carbocycles. The van der Waals surface area contributed by atoms with Crippen molar-refractivity contribution in [1.29, 1.82) is 5.26 Å². The summed E-state index contributed by atoms with van der Waals surface area (Å²) < 4.78 is 0. The van der Waals surface area contributed by atoms with Crippen LogP contribution < -0.4 is 5.32 Å². The molecule has 0 aliphatic heterocycles. The zero-order chi connectivity index (χ0) is 11.6. The number of aliphatic hydroxyl groups excluding tert-OH is 1. The van der Waals surface area contributed by atoms with Gasteiger partial charge in [0.05, 0.1) is 17.4 Å². The highest BCUT2D eigenvalue weighted by Crippen LogP contribution is 2.11. The lowest BCUT2D eigenvalue weighted by molar-refractivity contribution is 0.283. The van der Waals surface area contributed by atoms with Crippen LogP contribution in [0.2, 0.25) is 0 Å². The van der Waals surface area contributed by atoms with E-state index in [2.05, 4.69) is 16.4 Å². The van der Waals surface area contributed by atoms with Gasteiger partial charge in [-0.25, -0.2) is 0 Å². The summed E-state index contributed by atoms with van der Waals surface area (Å²) in [5.74, 6) is 0. The van der Waals surface area contributed by atoms with E-state index in [-0.39, 0.29) is 6.61 Å². The summed E-state index contributed by atoms with van der Waals surface area (Å²) in [6.07, 6.45) is 7.35. The molecule has 0 bridgehead atoms. The quantitative estimate of drug-likeness (QED) is 0.687. The third-order valence-corrected chi connectivity index (χ3v) is 2.34. The molecule has 0 aromatic carbocycles. The molecule has 4 heteroatoms. The zero-order valence-electron chi connectivity index (χ0n) is 9.32. The van der Waals surface area contributed by atoms with Gasteiger partial charge in [0.25, 0.3) is 0 Å². The second kappa shape index (κ2) is 7.66. The monoisotopic (exact) mass is 219 g/mol. The SMILES string of the molecule is N#Cc1ccncc1NCCCCCCO. The van der Waals surface area contributed by atoms with Crippen molar-refractivity contribution in [2.24, 2.45) is 0 Å². The number of rotatable bonds is 7. The highest BCUT2D eigenvalue weighted by Gasteiger charge is 1.99. The normalized spacial score (nSPS) is 9.75. The van der Waals surface area contributed by atoms with Crippen molar-refractivity contribution in [2.75, 3.05) is 18.5 Å². The minimum atomic E-state index is 0.272. The Morgan fingerprint density at radius 3 is 2.88 bits per heavy atom. The minimum Gasteiger partial charge on any atom is -0.396 e. The molecule has 0 amide bonds. The highest BCUT2D eigenvalue weighted by molar-refractivity contribution is 5.55. The van der Waals surface area contributed by atoms with Crippen LogP contribution in [0.25, 0.3) is 0 Å². The summed E-state index contributed by atoms with van der Waals surface area (Å²) in [5.41, 5.74) is 1.43. The predicted molar refractivity (Wildman–Crippen MR) is 63.0 cm³/mol. The first-order valence-electron chi connectivity index (χ1n) is 5.57. The van der Waals surface area contributed by atoms with Crippen molar-refractivity contribution < 1.29 is 5.11 Å². The van der Waals surface area contributed by atoms with Crippen molar-refractivity contribution >= 4 is 5.69 Å². The van der Waals surface area contributed by atoms with Gasteiger partial charge < -0.3 is 10.4 Å². The zero-order valence-corrected chi connectivity index (χ0v) is 9.32. The summed E-state index contributed by atoms with van der Waals surface area (Å²) in [5, 5.41) is 20.6. The van der Waals surface area contributed by atoms with Gasteiger partial charge >= 0.3 is 0 Å². The third-order valence-electron chi connectivity index (χ3n) is 2.34. The Morgan fingerprint density at radius 1 is 1.31 bits per heavy atom. The number of nitriles is 1. The molecule has 16 heavy (non-hydrogen) atoms. The van der Waals surface area contributed by atoms with E-state index in [1.165, 1.54) is 0 Å². The maximum absolute atomic E-state index is 8.85. The van der Waals surface area contributed by atoms with Crippen molar-refractivity contribution in [3.8, 4) is 6.07 Å². The second-order valence-corrected chi connectivity index (χ2v) is 3.60. The van der Waals surface area contributed by atoms with E-state index in [9.17, 15) is 0 Å². The molecule has 0 saturated heterocycles. The Hall–Kier alpha value is -1.60. The lowest BCUT2D eigenvalue weighted by Gasteiger charge is -2.06. The standard InChI is InChI=1S/C12H17N3O/c13-9-11-5-7-14-10-12(11)15-6-3-1-2-4-8-16/h5,7,10,15-16H,1-4,6,8H2. The molecular weight excluding hydrogens is 202 g/mol. The lowest BCUT2D eigenvalue weighted by Crippen LogP contribution is -2.03. The molecule has 0 spiro atoms. The van der Waals surface area contributed by atoms with E-state index < -0.39 is 0 Å². The van der Waals surface area contributed by atoms with Crippen LogP contribution in [0.4, 0.5) is 5.69 Å². The average Bonchev–Trinajstić information content (AvgIpc) is 2.34. The average molecular weight is 219 g/mol. The first kappa shape index (κ1) is 12.5. The minimum absolute atomic E-state index is 0.272. The molecule has 86 valence electrons. The van der Waals surface area contributed by atoms with Crippen molar-refractivity contribution in [3.05, 3.63) is 24.0 Å². The number of hydrogen-bond acceptors (Lipinski definition) is 4. The fraction of sp³-hybridized carbons (Fsp3) is 0.500. The summed E-state index contributed by atoms with van der Waals surface area (Å²) in [6, 6.07) is 3.82. The molecule has 0 radical (unpaired) electrons. The molecule has 1 heterocycles. The van der Waals surface area contributed by atoms with Gasteiger partial charge in [-0.1, -0.05) is 12.8 Å². The van der Waals surface area contributed by atoms with Crippen LogP contribution in [0.3, 0.4) is 0 Å². The Morgan fingerprint density at radius 2 is 2.12 bits per heavy atom. The number of pyridine rings is 1. The van der Waals surface area contributed by atoms with Crippen molar-refractivity contribution in [2.45, 2.75) is 25.7 Å². The van der Waals surface area contributed by atoms with Gasteiger partial charge in [-0.15, -0.1) is 0 Å². The summed E-state index contributed by atoms with van der Waals surface area (Å²) in [7, 11) is 0. The van der Waals surface area contributed by atoms with Gasteiger partial charge in [-0.2, -0.15) is 5.26 Å². The first-order valence-corrected chi connectivity index (χ1v) is 5.57. The number of anilines is 1. The Labute approximate surface area is 95.9 Å². The van der Waals surface area contributed by atoms with Crippen LogP contribution in [0.15, 0.2) is 18.5 Å². The van der Waals surface area contributed by atoms with E-state index in [4.69, 9.17) is 10.4 Å². The Kier molecular flexibility index (Phi) is 5.97. The fourth-order valence-corrected chi connectivity index (χ4v) is 1.45. The first-order chi connectivity index (χ1) is 7.88. The number of hydrogen-bond donors (Lipinski definition) is 2. The van der Waals surface area contributed by atoms with E-state index in [1.54, 1.807) is 18.5 Å². The van der Waals surface area contributed by atoms with Gasteiger partial charge in [0.1, 0.15) is 6.07 Å². The number of unbranched alkanes of at least 4 members (excludes halogenated alkanes) is 3. The number of aliphatic hydroxyl groups is 1. The van der Waals surface area contributed by atoms with Crippen molar-refractivity contribution in [1.82, 2.24) is 4.98 Å². The number of aromatic nitrogens is 1. The maximum atomic E-state index is 8.85. The lowest BCUT2D eigenvalue weighted by atomic mass is 10.2. The van der Waals surface area contributed by atoms with E-state index in [0.717, 1.165) is 37.9 Å². The molecule has 0 unspecified atom stereocenters. The Bertz CT molecular complexity index is 346. The van der Waals surface area contributed by atoms with Crippen LogP contribution in [-0.2, 0) is 0 Å². The Balaban J connectivity index is 2.24. The van der Waals surface area contributed by atoms with Crippen LogP contribution >= 0.6 is 0 Å². The molecule has 0 fully saturated rings. The van der Waals surface area contributed by atoms with Gasteiger partial charge in [0.15, 0.2) is 0 Å². The van der Waals surface area contributed by atoms with Gasteiger partial charge in [0.2, 0.25) is 0 Å². The summed E-state index contributed by atoms with van der Waals surface area (Å²) in [4.78, 5) is 3.97. The van der Waals surface area contributed by atoms with E-state index in [0.29, 0.717) is 5.56 Å². The maximum Gasteiger partial charge on any atom is 0.101 e. The van der Waals surface area contributed by atoms with Crippen LogP contribution in [-0.4, -0.2) is 23.2 Å². The van der Waals surface area contributed by atoms with Gasteiger partial charge in [-0.05, 0) is 18.9 Å². The smallest absolute Gasteiger partial charge is 0.101 e.